The lowest BCUT2D eigenvalue weighted by Crippen LogP contribution is -2.36. The Bertz CT molecular complexity index is 795. The molecule has 0 bridgehead atoms. The van der Waals surface area contributed by atoms with E-state index in [4.69, 9.17) is 0 Å². The SMILES string of the molecule is Cn1c(=O)c2[nH]c(NCC3CC3(C)C)nc2n(C)c1=O. The molecule has 1 aliphatic rings. The van der Waals surface area contributed by atoms with E-state index >= 15 is 0 Å². The van der Waals surface area contributed by atoms with E-state index in [2.05, 4.69) is 29.1 Å². The van der Waals surface area contributed by atoms with Gasteiger partial charge in [0.25, 0.3) is 5.56 Å². The summed E-state index contributed by atoms with van der Waals surface area (Å²) in [5, 5.41) is 3.21. The summed E-state index contributed by atoms with van der Waals surface area (Å²) in [6, 6.07) is 0. The van der Waals surface area contributed by atoms with E-state index < -0.39 is 0 Å². The Kier molecular flexibility index (Phi) is 2.57. The number of imidazole rings is 1. The second kappa shape index (κ2) is 3.97. The van der Waals surface area contributed by atoms with Gasteiger partial charge in [0.15, 0.2) is 11.2 Å². The lowest BCUT2D eigenvalue weighted by atomic mass is 10.1. The molecule has 0 saturated heterocycles. The van der Waals surface area contributed by atoms with Crippen LogP contribution in [-0.4, -0.2) is 25.6 Å². The smallest absolute Gasteiger partial charge is 0.332 e. The molecule has 1 aliphatic carbocycles. The van der Waals surface area contributed by atoms with Crippen molar-refractivity contribution in [1.29, 1.82) is 0 Å². The van der Waals surface area contributed by atoms with Gasteiger partial charge in [-0.3, -0.25) is 13.9 Å². The third-order valence-corrected chi connectivity index (χ3v) is 4.33. The highest BCUT2D eigenvalue weighted by Gasteiger charge is 2.45. The molecule has 1 fully saturated rings. The fraction of sp³-hybridized carbons (Fsp3) is 0.615. The van der Waals surface area contributed by atoms with Gasteiger partial charge < -0.3 is 10.3 Å². The number of anilines is 1. The molecule has 0 aromatic carbocycles. The fourth-order valence-electron chi connectivity index (χ4n) is 2.55. The summed E-state index contributed by atoms with van der Waals surface area (Å²) in [7, 11) is 3.07. The first-order valence-corrected chi connectivity index (χ1v) is 6.71. The van der Waals surface area contributed by atoms with Crippen molar-refractivity contribution in [3.05, 3.63) is 20.8 Å². The van der Waals surface area contributed by atoms with E-state index in [1.54, 1.807) is 7.05 Å². The summed E-state index contributed by atoms with van der Waals surface area (Å²) in [6.45, 7) is 5.29. The van der Waals surface area contributed by atoms with Crippen molar-refractivity contribution < 1.29 is 0 Å². The van der Waals surface area contributed by atoms with Crippen molar-refractivity contribution in [3.8, 4) is 0 Å². The Labute approximate surface area is 115 Å². The quantitative estimate of drug-likeness (QED) is 0.851. The average molecular weight is 277 g/mol. The maximum absolute atomic E-state index is 12.0. The van der Waals surface area contributed by atoms with Gasteiger partial charge in [-0.1, -0.05) is 13.8 Å². The van der Waals surface area contributed by atoms with E-state index in [1.165, 1.54) is 18.0 Å². The first kappa shape index (κ1) is 13.0. The molecule has 7 heteroatoms. The summed E-state index contributed by atoms with van der Waals surface area (Å²) >= 11 is 0. The molecule has 0 amide bonds. The zero-order valence-electron chi connectivity index (χ0n) is 12.1. The molecule has 20 heavy (non-hydrogen) atoms. The topological polar surface area (TPSA) is 84.7 Å². The molecule has 1 atom stereocenters. The summed E-state index contributed by atoms with van der Waals surface area (Å²) < 4.78 is 2.45. The minimum atomic E-state index is -0.371. The van der Waals surface area contributed by atoms with Crippen LogP contribution in [0, 0.1) is 11.3 Å². The van der Waals surface area contributed by atoms with Gasteiger partial charge in [-0.15, -0.1) is 0 Å². The molecule has 2 aromatic heterocycles. The number of fused-ring (bicyclic) bond motifs is 1. The molecule has 2 N–H and O–H groups in total. The number of aryl methyl sites for hydroxylation is 1. The first-order valence-electron chi connectivity index (χ1n) is 6.71. The summed E-state index contributed by atoms with van der Waals surface area (Å²) in [5.74, 6) is 1.17. The Hall–Kier alpha value is -2.05. The third kappa shape index (κ3) is 1.85. The van der Waals surface area contributed by atoms with Crippen molar-refractivity contribution in [2.75, 3.05) is 11.9 Å². The highest BCUT2D eigenvalue weighted by molar-refractivity contribution is 5.72. The number of nitrogens with one attached hydrogen (secondary N) is 2. The van der Waals surface area contributed by atoms with Gasteiger partial charge in [-0.2, -0.15) is 4.98 Å². The number of aromatic nitrogens is 4. The molecular weight excluding hydrogens is 258 g/mol. The van der Waals surface area contributed by atoms with E-state index in [-0.39, 0.29) is 11.2 Å². The van der Waals surface area contributed by atoms with Crippen LogP contribution >= 0.6 is 0 Å². The number of nitrogens with zero attached hydrogens (tertiary/aromatic N) is 3. The zero-order chi connectivity index (χ0) is 14.7. The van der Waals surface area contributed by atoms with Crippen molar-refractivity contribution in [3.63, 3.8) is 0 Å². The molecule has 0 spiro atoms. The van der Waals surface area contributed by atoms with Crippen molar-refractivity contribution in [2.45, 2.75) is 20.3 Å². The zero-order valence-corrected chi connectivity index (χ0v) is 12.1. The molecule has 2 heterocycles. The molecule has 0 radical (unpaired) electrons. The Morgan fingerprint density at radius 1 is 1.35 bits per heavy atom. The summed E-state index contributed by atoms with van der Waals surface area (Å²) in [4.78, 5) is 31.1. The van der Waals surface area contributed by atoms with Crippen molar-refractivity contribution in [1.82, 2.24) is 19.1 Å². The predicted molar refractivity (Wildman–Crippen MR) is 77.0 cm³/mol. The molecule has 108 valence electrons. The third-order valence-electron chi connectivity index (χ3n) is 4.33. The van der Waals surface area contributed by atoms with Gasteiger partial charge in [0.05, 0.1) is 0 Å². The van der Waals surface area contributed by atoms with Gasteiger partial charge in [0.1, 0.15) is 0 Å². The van der Waals surface area contributed by atoms with Crippen LogP contribution in [0.25, 0.3) is 11.2 Å². The Morgan fingerprint density at radius 2 is 2.00 bits per heavy atom. The van der Waals surface area contributed by atoms with E-state index in [0.29, 0.717) is 28.4 Å². The second-order valence-corrected chi connectivity index (χ2v) is 6.26. The van der Waals surface area contributed by atoms with E-state index in [9.17, 15) is 9.59 Å². The lowest BCUT2D eigenvalue weighted by Gasteiger charge is -2.03. The highest BCUT2D eigenvalue weighted by Crippen LogP contribution is 2.51. The molecule has 0 aliphatic heterocycles. The number of hydrogen-bond acceptors (Lipinski definition) is 4. The van der Waals surface area contributed by atoms with Gasteiger partial charge in [-0.05, 0) is 17.8 Å². The van der Waals surface area contributed by atoms with Crippen LogP contribution in [0.1, 0.15) is 20.3 Å². The van der Waals surface area contributed by atoms with Gasteiger partial charge in [0, 0.05) is 20.6 Å². The van der Waals surface area contributed by atoms with Gasteiger partial charge >= 0.3 is 5.69 Å². The maximum atomic E-state index is 12.0. The van der Waals surface area contributed by atoms with E-state index in [0.717, 1.165) is 11.1 Å². The van der Waals surface area contributed by atoms with Gasteiger partial charge in [0.2, 0.25) is 5.95 Å². The molecule has 1 unspecified atom stereocenters. The molecule has 7 nitrogen and oxygen atoms in total. The van der Waals surface area contributed by atoms with Gasteiger partial charge in [-0.25, -0.2) is 4.79 Å². The Morgan fingerprint density at radius 3 is 2.60 bits per heavy atom. The van der Waals surface area contributed by atoms with Crippen LogP contribution in [-0.2, 0) is 14.1 Å². The minimum Gasteiger partial charge on any atom is -0.355 e. The van der Waals surface area contributed by atoms with Crippen LogP contribution in [0.3, 0.4) is 0 Å². The largest absolute Gasteiger partial charge is 0.355 e. The number of rotatable bonds is 3. The van der Waals surface area contributed by atoms with Crippen LogP contribution < -0.4 is 16.6 Å². The molecule has 2 aromatic rings. The highest BCUT2D eigenvalue weighted by atomic mass is 16.2. The number of aromatic amines is 1. The minimum absolute atomic E-state index is 0.351. The van der Waals surface area contributed by atoms with Crippen LogP contribution in [0.5, 0.6) is 0 Å². The summed E-state index contributed by atoms with van der Waals surface area (Å²) in [5.41, 5.74) is 0.407. The monoisotopic (exact) mass is 277 g/mol. The van der Waals surface area contributed by atoms with Crippen LogP contribution in [0.2, 0.25) is 0 Å². The van der Waals surface area contributed by atoms with E-state index in [1.807, 2.05) is 0 Å². The van der Waals surface area contributed by atoms with Crippen LogP contribution in [0.4, 0.5) is 5.95 Å². The fourth-order valence-corrected chi connectivity index (χ4v) is 2.55. The van der Waals surface area contributed by atoms with Crippen molar-refractivity contribution >= 4 is 17.1 Å². The average Bonchev–Trinajstić information content (AvgIpc) is 2.83. The first-order chi connectivity index (χ1) is 9.31. The normalized spacial score (nSPS) is 20.3. The molecule has 3 rings (SSSR count). The van der Waals surface area contributed by atoms with Crippen molar-refractivity contribution in [2.24, 2.45) is 25.4 Å². The lowest BCUT2D eigenvalue weighted by molar-refractivity contribution is 0.572. The Balaban J connectivity index is 1.95. The predicted octanol–water partition coefficient (Wildman–Crippen LogP) is 0.418. The summed E-state index contributed by atoms with van der Waals surface area (Å²) in [6.07, 6.45) is 1.19. The number of H-pyrrole nitrogens is 1. The molecular formula is C13H19N5O2. The maximum Gasteiger partial charge on any atom is 0.332 e. The number of hydrogen-bond donors (Lipinski definition) is 2. The standard InChI is InChI=1S/C13H19N5O2/c1-13(2)5-7(13)6-14-11-15-8-9(16-11)17(3)12(20)18(4)10(8)19/h7H,5-6H2,1-4H3,(H2,14,15,16). The van der Waals surface area contributed by atoms with Crippen LogP contribution in [0.15, 0.2) is 9.59 Å². The molecule has 1 saturated carbocycles. The second-order valence-electron chi connectivity index (χ2n) is 6.26.